The molecule has 2 N–H and O–H groups in total. The van der Waals surface area contributed by atoms with Gasteiger partial charge < -0.3 is 14.9 Å². The van der Waals surface area contributed by atoms with Gasteiger partial charge in [0.05, 0.1) is 24.1 Å². The summed E-state index contributed by atoms with van der Waals surface area (Å²) in [5, 5.41) is 9.98. The van der Waals surface area contributed by atoms with Crippen molar-refractivity contribution < 1.29 is 13.9 Å². The van der Waals surface area contributed by atoms with Crippen LogP contribution in [0.4, 0.5) is 0 Å². The zero-order valence-electron chi connectivity index (χ0n) is 12.0. The van der Waals surface area contributed by atoms with E-state index >= 15 is 0 Å². The highest BCUT2D eigenvalue weighted by Crippen LogP contribution is 2.23. The highest BCUT2D eigenvalue weighted by molar-refractivity contribution is 7.13. The largest absolute Gasteiger partial charge is 0.419 e. The molecule has 0 radical (unpaired) electrons. The van der Waals surface area contributed by atoms with E-state index in [1.807, 2.05) is 22.4 Å². The molecule has 0 saturated carbocycles. The number of rotatable bonds is 8. The van der Waals surface area contributed by atoms with Crippen LogP contribution >= 0.6 is 11.3 Å². The predicted octanol–water partition coefficient (Wildman–Crippen LogP) is 1.12. The maximum absolute atomic E-state index is 11.4. The van der Waals surface area contributed by atoms with Crippen LogP contribution in [0, 0.1) is 0 Å². The number of nitrogens with zero attached hydrogens (tertiary/aromatic N) is 3. The summed E-state index contributed by atoms with van der Waals surface area (Å²) in [5.41, 5.74) is 5.36. The molecule has 0 bridgehead atoms. The van der Waals surface area contributed by atoms with Crippen LogP contribution in [0.5, 0.6) is 0 Å². The van der Waals surface area contributed by atoms with Gasteiger partial charge in [-0.1, -0.05) is 6.07 Å². The van der Waals surface area contributed by atoms with Gasteiger partial charge in [-0.25, -0.2) is 0 Å². The Hall–Kier alpha value is -1.77. The van der Waals surface area contributed by atoms with Crippen LogP contribution in [0.15, 0.2) is 21.9 Å². The first kappa shape index (κ1) is 15.6. The lowest BCUT2D eigenvalue weighted by atomic mass is 10.2. The second kappa shape index (κ2) is 7.30. The average Bonchev–Trinajstić information content (AvgIpc) is 3.13. The number of nitrogens with two attached hydrogens (primary N) is 1. The molecule has 7 nitrogen and oxygen atoms in total. The van der Waals surface area contributed by atoms with Crippen molar-refractivity contribution in [1.82, 2.24) is 15.1 Å². The molecule has 1 atom stereocenters. The smallest absolute Gasteiger partial charge is 0.257 e. The first-order valence-corrected chi connectivity index (χ1v) is 7.38. The molecule has 0 unspecified atom stereocenters. The molecular weight excluding hydrogens is 292 g/mol. The van der Waals surface area contributed by atoms with Crippen molar-refractivity contribution in [3.8, 4) is 10.8 Å². The second-order valence-corrected chi connectivity index (χ2v) is 5.47. The number of carbonyl (C=O) groups is 1. The molecule has 0 spiro atoms. The number of primary amides is 1. The number of hydrogen-bond acceptors (Lipinski definition) is 7. The summed E-state index contributed by atoms with van der Waals surface area (Å²) in [6.45, 7) is 3.14. The summed E-state index contributed by atoms with van der Waals surface area (Å²) >= 11 is 1.53. The van der Waals surface area contributed by atoms with E-state index in [0.29, 0.717) is 31.5 Å². The number of ether oxygens (including phenoxy) is 1. The third-order valence-electron chi connectivity index (χ3n) is 3.08. The van der Waals surface area contributed by atoms with Crippen LogP contribution in [0.1, 0.15) is 12.8 Å². The van der Waals surface area contributed by atoms with Crippen molar-refractivity contribution >= 4 is 17.2 Å². The van der Waals surface area contributed by atoms with Crippen molar-refractivity contribution in [1.29, 1.82) is 0 Å². The van der Waals surface area contributed by atoms with Crippen LogP contribution in [-0.4, -0.2) is 47.3 Å². The van der Waals surface area contributed by atoms with Gasteiger partial charge in [0.2, 0.25) is 11.8 Å². The summed E-state index contributed by atoms with van der Waals surface area (Å²) in [6, 6.07) is 3.40. The van der Waals surface area contributed by atoms with Crippen molar-refractivity contribution in [3.05, 3.63) is 23.4 Å². The lowest BCUT2D eigenvalue weighted by molar-refractivity contribution is -0.123. The minimum absolute atomic E-state index is 0.353. The second-order valence-electron chi connectivity index (χ2n) is 4.52. The Labute approximate surface area is 126 Å². The minimum atomic E-state index is -0.433. The lowest BCUT2D eigenvalue weighted by Crippen LogP contribution is -2.43. The zero-order valence-corrected chi connectivity index (χ0v) is 12.8. The van der Waals surface area contributed by atoms with Crippen molar-refractivity contribution in [2.24, 2.45) is 5.73 Å². The van der Waals surface area contributed by atoms with Gasteiger partial charge in [0.15, 0.2) is 0 Å². The van der Waals surface area contributed by atoms with Crippen LogP contribution in [0.3, 0.4) is 0 Å². The molecule has 2 aromatic heterocycles. The molecule has 0 aliphatic rings. The van der Waals surface area contributed by atoms with Gasteiger partial charge in [-0.05, 0) is 18.4 Å². The highest BCUT2D eigenvalue weighted by Gasteiger charge is 2.21. The Morgan fingerprint density at radius 1 is 1.57 bits per heavy atom. The molecule has 1 amide bonds. The predicted molar refractivity (Wildman–Crippen MR) is 78.6 cm³/mol. The number of methoxy groups -OCH3 is 1. The van der Waals surface area contributed by atoms with E-state index in [9.17, 15) is 4.79 Å². The first-order valence-electron chi connectivity index (χ1n) is 6.50. The fourth-order valence-electron chi connectivity index (χ4n) is 1.79. The van der Waals surface area contributed by atoms with E-state index in [1.54, 1.807) is 14.0 Å². The summed E-state index contributed by atoms with van der Waals surface area (Å²) in [4.78, 5) is 14.1. The number of aromatic nitrogens is 2. The Bertz CT molecular complexity index is 570. The fraction of sp³-hybridized carbons (Fsp3) is 0.462. The standard InChI is InChI=1S/C13H18N4O3S/c1-9(12(14)18)17(5-6-19-2)8-11-15-16-13(20-11)10-4-3-7-21-10/h3-4,7,9H,5-6,8H2,1-2H3,(H2,14,18)/t9-/m1/s1. The monoisotopic (exact) mass is 310 g/mol. The molecule has 2 heterocycles. The van der Waals surface area contributed by atoms with Crippen LogP contribution in [0.25, 0.3) is 10.8 Å². The van der Waals surface area contributed by atoms with Gasteiger partial charge >= 0.3 is 0 Å². The maximum Gasteiger partial charge on any atom is 0.257 e. The number of hydrogen-bond donors (Lipinski definition) is 1. The molecule has 114 valence electrons. The van der Waals surface area contributed by atoms with Gasteiger partial charge in [-0.2, -0.15) is 0 Å². The van der Waals surface area contributed by atoms with Crippen LogP contribution in [0.2, 0.25) is 0 Å². The number of thiophene rings is 1. The van der Waals surface area contributed by atoms with E-state index in [2.05, 4.69) is 10.2 Å². The highest BCUT2D eigenvalue weighted by atomic mass is 32.1. The lowest BCUT2D eigenvalue weighted by Gasteiger charge is -2.24. The van der Waals surface area contributed by atoms with E-state index in [4.69, 9.17) is 14.9 Å². The van der Waals surface area contributed by atoms with Crippen LogP contribution < -0.4 is 5.73 Å². The maximum atomic E-state index is 11.4. The average molecular weight is 310 g/mol. The molecule has 0 aliphatic carbocycles. The third kappa shape index (κ3) is 4.10. The molecule has 21 heavy (non-hydrogen) atoms. The molecule has 2 rings (SSSR count). The molecule has 0 fully saturated rings. The normalized spacial score (nSPS) is 12.7. The summed E-state index contributed by atoms with van der Waals surface area (Å²) in [7, 11) is 1.61. The zero-order chi connectivity index (χ0) is 15.2. The molecule has 0 aliphatic heterocycles. The van der Waals surface area contributed by atoms with Crippen molar-refractivity contribution in [2.75, 3.05) is 20.3 Å². The Balaban J connectivity index is 2.07. The molecule has 0 aromatic carbocycles. The van der Waals surface area contributed by atoms with E-state index < -0.39 is 11.9 Å². The van der Waals surface area contributed by atoms with Gasteiger partial charge in [0.1, 0.15) is 0 Å². The number of carbonyl (C=O) groups excluding carboxylic acids is 1. The summed E-state index contributed by atoms with van der Waals surface area (Å²) in [5.74, 6) is 0.533. The fourth-order valence-corrected chi connectivity index (χ4v) is 2.43. The van der Waals surface area contributed by atoms with Gasteiger partial charge in [-0.3, -0.25) is 9.69 Å². The quantitative estimate of drug-likeness (QED) is 0.785. The molecule has 8 heteroatoms. The number of amides is 1. The molecular formula is C13H18N4O3S. The SMILES string of the molecule is COCCN(Cc1nnc(-c2cccs2)o1)[C@H](C)C(N)=O. The van der Waals surface area contributed by atoms with Crippen molar-refractivity contribution in [3.63, 3.8) is 0 Å². The third-order valence-corrected chi connectivity index (χ3v) is 3.94. The molecule has 2 aromatic rings. The van der Waals surface area contributed by atoms with E-state index in [-0.39, 0.29) is 0 Å². The summed E-state index contributed by atoms with van der Waals surface area (Å²) in [6.07, 6.45) is 0. The van der Waals surface area contributed by atoms with E-state index in [0.717, 1.165) is 4.88 Å². The minimum Gasteiger partial charge on any atom is -0.419 e. The Morgan fingerprint density at radius 2 is 2.38 bits per heavy atom. The van der Waals surface area contributed by atoms with E-state index in [1.165, 1.54) is 11.3 Å². The first-order chi connectivity index (χ1) is 10.1. The van der Waals surface area contributed by atoms with Crippen molar-refractivity contribution in [2.45, 2.75) is 19.5 Å². The Morgan fingerprint density at radius 3 is 3.00 bits per heavy atom. The summed E-state index contributed by atoms with van der Waals surface area (Å²) < 4.78 is 10.7. The van der Waals surface area contributed by atoms with Gasteiger partial charge in [-0.15, -0.1) is 21.5 Å². The topological polar surface area (TPSA) is 94.5 Å². The molecule has 0 saturated heterocycles. The Kier molecular flexibility index (Phi) is 5.43. The van der Waals surface area contributed by atoms with Gasteiger partial charge in [0.25, 0.3) is 5.89 Å². The van der Waals surface area contributed by atoms with Gasteiger partial charge in [0, 0.05) is 13.7 Å². The van der Waals surface area contributed by atoms with Crippen LogP contribution in [-0.2, 0) is 16.1 Å².